The van der Waals surface area contributed by atoms with Gasteiger partial charge in [0.1, 0.15) is 5.82 Å². The molecule has 2 aromatic rings. The topological polar surface area (TPSA) is 53.3 Å². The van der Waals surface area contributed by atoms with Gasteiger partial charge in [0.05, 0.1) is 18.2 Å². The number of piperidine rings is 1. The van der Waals surface area contributed by atoms with Gasteiger partial charge in [0.25, 0.3) is 5.91 Å². The summed E-state index contributed by atoms with van der Waals surface area (Å²) in [7, 11) is 0. The summed E-state index contributed by atoms with van der Waals surface area (Å²) >= 11 is 0. The Balaban J connectivity index is 1.39. The lowest BCUT2D eigenvalue weighted by atomic mass is 9.93. The largest absolute Gasteiger partial charge is 0.377 e. The molecule has 3 rings (SSSR count). The van der Waals surface area contributed by atoms with Gasteiger partial charge in [-0.3, -0.25) is 4.79 Å². The Labute approximate surface area is 159 Å². The molecule has 0 saturated carbocycles. The van der Waals surface area contributed by atoms with Crippen LogP contribution in [0.3, 0.4) is 0 Å². The molecule has 0 spiro atoms. The molecular formula is C22H23FN2O2. The van der Waals surface area contributed by atoms with Crippen molar-refractivity contribution in [3.8, 4) is 6.07 Å². The van der Waals surface area contributed by atoms with Crippen LogP contribution in [0.5, 0.6) is 0 Å². The van der Waals surface area contributed by atoms with E-state index in [0.717, 1.165) is 37.9 Å². The van der Waals surface area contributed by atoms with Gasteiger partial charge >= 0.3 is 0 Å². The number of hydrogen-bond donors (Lipinski definition) is 0. The summed E-state index contributed by atoms with van der Waals surface area (Å²) in [5, 5.41) is 8.97. The van der Waals surface area contributed by atoms with Gasteiger partial charge in [0.2, 0.25) is 0 Å². The van der Waals surface area contributed by atoms with E-state index >= 15 is 0 Å². The zero-order chi connectivity index (χ0) is 19.1. The highest BCUT2D eigenvalue weighted by molar-refractivity contribution is 5.94. The Morgan fingerprint density at radius 2 is 1.96 bits per heavy atom. The minimum atomic E-state index is -0.242. The van der Waals surface area contributed by atoms with Gasteiger partial charge in [-0.1, -0.05) is 18.2 Å². The summed E-state index contributed by atoms with van der Waals surface area (Å²) in [6.45, 7) is 2.51. The Kier molecular flexibility index (Phi) is 6.56. The highest BCUT2D eigenvalue weighted by Crippen LogP contribution is 2.22. The van der Waals surface area contributed by atoms with E-state index in [9.17, 15) is 9.18 Å². The first-order valence-corrected chi connectivity index (χ1v) is 9.27. The molecule has 2 aromatic carbocycles. The molecular weight excluding hydrogens is 343 g/mol. The van der Waals surface area contributed by atoms with Crippen LogP contribution in [-0.4, -0.2) is 30.5 Å². The van der Waals surface area contributed by atoms with Crippen LogP contribution >= 0.6 is 0 Å². The second-order valence-corrected chi connectivity index (χ2v) is 6.90. The van der Waals surface area contributed by atoms with Gasteiger partial charge in [-0.15, -0.1) is 0 Å². The van der Waals surface area contributed by atoms with E-state index in [0.29, 0.717) is 30.3 Å². The maximum Gasteiger partial charge on any atom is 0.253 e. The average molecular weight is 366 g/mol. The summed E-state index contributed by atoms with van der Waals surface area (Å²) in [5.74, 6) is 0.286. The second kappa shape index (κ2) is 9.29. The van der Waals surface area contributed by atoms with Crippen molar-refractivity contribution >= 4 is 5.91 Å². The van der Waals surface area contributed by atoms with Crippen LogP contribution in [0.15, 0.2) is 48.5 Å². The van der Waals surface area contributed by atoms with Crippen LogP contribution in [0.4, 0.5) is 4.39 Å². The second-order valence-electron chi connectivity index (χ2n) is 6.90. The predicted molar refractivity (Wildman–Crippen MR) is 100 cm³/mol. The number of benzene rings is 2. The van der Waals surface area contributed by atoms with Crippen LogP contribution < -0.4 is 0 Å². The third-order valence-electron chi connectivity index (χ3n) is 4.97. The molecule has 0 aromatic heterocycles. The number of hydrogen-bond acceptors (Lipinski definition) is 3. The van der Waals surface area contributed by atoms with E-state index in [2.05, 4.69) is 6.07 Å². The molecule has 1 fully saturated rings. The van der Waals surface area contributed by atoms with E-state index in [4.69, 9.17) is 10.00 Å². The number of halogens is 1. The zero-order valence-corrected chi connectivity index (χ0v) is 15.2. The fourth-order valence-electron chi connectivity index (χ4n) is 3.40. The van der Waals surface area contributed by atoms with Crippen LogP contribution in [0.2, 0.25) is 0 Å². The average Bonchev–Trinajstić information content (AvgIpc) is 2.71. The Hall–Kier alpha value is -2.71. The first-order valence-electron chi connectivity index (χ1n) is 9.27. The van der Waals surface area contributed by atoms with Crippen molar-refractivity contribution < 1.29 is 13.9 Å². The van der Waals surface area contributed by atoms with Gasteiger partial charge in [-0.2, -0.15) is 5.26 Å². The molecule has 0 radical (unpaired) electrons. The van der Waals surface area contributed by atoms with Gasteiger partial charge < -0.3 is 9.64 Å². The molecule has 1 aliphatic heterocycles. The van der Waals surface area contributed by atoms with Crippen molar-refractivity contribution in [2.75, 3.05) is 19.7 Å². The molecule has 0 bridgehead atoms. The summed E-state index contributed by atoms with van der Waals surface area (Å²) < 4.78 is 18.8. The fourth-order valence-corrected chi connectivity index (χ4v) is 3.40. The van der Waals surface area contributed by atoms with Crippen LogP contribution in [0.1, 0.15) is 40.7 Å². The number of nitrogens with zero attached hydrogens (tertiary/aromatic N) is 2. The number of amides is 1. The number of nitriles is 1. The summed E-state index contributed by atoms with van der Waals surface area (Å²) in [6, 6.07) is 15.4. The third-order valence-corrected chi connectivity index (χ3v) is 4.97. The van der Waals surface area contributed by atoms with Crippen molar-refractivity contribution in [1.29, 1.82) is 5.26 Å². The number of ether oxygens (including phenoxy) is 1. The van der Waals surface area contributed by atoms with Crippen molar-refractivity contribution in [3.63, 3.8) is 0 Å². The lowest BCUT2D eigenvalue weighted by molar-refractivity contribution is 0.0638. The van der Waals surface area contributed by atoms with Gasteiger partial charge in [0.15, 0.2) is 0 Å². The number of rotatable bonds is 6. The van der Waals surface area contributed by atoms with Crippen LogP contribution in [-0.2, 0) is 11.3 Å². The molecule has 1 amide bonds. The molecule has 140 valence electrons. The highest BCUT2D eigenvalue weighted by Gasteiger charge is 2.23. The Morgan fingerprint density at radius 1 is 1.19 bits per heavy atom. The van der Waals surface area contributed by atoms with E-state index in [1.54, 1.807) is 30.3 Å². The molecule has 27 heavy (non-hydrogen) atoms. The molecule has 1 aliphatic rings. The quantitative estimate of drug-likeness (QED) is 0.722. The molecule has 5 heteroatoms. The maximum atomic E-state index is 13.1. The lowest BCUT2D eigenvalue weighted by Gasteiger charge is -2.32. The molecule has 0 unspecified atom stereocenters. The van der Waals surface area contributed by atoms with E-state index < -0.39 is 0 Å². The highest BCUT2D eigenvalue weighted by atomic mass is 19.1. The van der Waals surface area contributed by atoms with Crippen molar-refractivity contribution in [2.45, 2.75) is 25.9 Å². The fraction of sp³-hybridized carbons (Fsp3) is 0.364. The Morgan fingerprint density at radius 3 is 2.70 bits per heavy atom. The number of likely N-dealkylation sites (tertiary alicyclic amines) is 1. The molecule has 0 atom stereocenters. The van der Waals surface area contributed by atoms with Gasteiger partial charge in [0, 0.05) is 25.3 Å². The van der Waals surface area contributed by atoms with Crippen molar-refractivity contribution in [1.82, 2.24) is 4.90 Å². The first-order chi connectivity index (χ1) is 13.2. The summed E-state index contributed by atoms with van der Waals surface area (Å²) in [4.78, 5) is 14.4. The molecule has 0 aliphatic carbocycles. The summed E-state index contributed by atoms with van der Waals surface area (Å²) in [6.07, 6.45) is 2.85. The first kappa shape index (κ1) is 19.1. The molecule has 1 heterocycles. The molecule has 1 saturated heterocycles. The smallest absolute Gasteiger partial charge is 0.253 e. The van der Waals surface area contributed by atoms with E-state index in [-0.39, 0.29) is 11.7 Å². The van der Waals surface area contributed by atoms with Crippen molar-refractivity contribution in [3.05, 3.63) is 71.0 Å². The zero-order valence-electron chi connectivity index (χ0n) is 15.2. The van der Waals surface area contributed by atoms with Gasteiger partial charge in [-0.05, 0) is 61.1 Å². The van der Waals surface area contributed by atoms with Crippen LogP contribution in [0.25, 0.3) is 0 Å². The molecule has 0 N–H and O–H groups in total. The predicted octanol–water partition coefficient (Wildman–Crippen LogP) is 4.16. The van der Waals surface area contributed by atoms with E-state index in [1.165, 1.54) is 12.1 Å². The van der Waals surface area contributed by atoms with E-state index in [1.807, 2.05) is 11.0 Å². The Bertz CT molecular complexity index is 823. The number of carbonyl (C=O) groups is 1. The van der Waals surface area contributed by atoms with Gasteiger partial charge in [-0.25, -0.2) is 4.39 Å². The third kappa shape index (κ3) is 5.38. The lowest BCUT2D eigenvalue weighted by Crippen LogP contribution is -2.38. The maximum absolute atomic E-state index is 13.1. The minimum Gasteiger partial charge on any atom is -0.377 e. The number of carbonyl (C=O) groups excluding carboxylic acids is 1. The van der Waals surface area contributed by atoms with Crippen molar-refractivity contribution in [2.24, 2.45) is 5.92 Å². The minimum absolute atomic E-state index is 0.00657. The van der Waals surface area contributed by atoms with Crippen LogP contribution in [0, 0.1) is 23.1 Å². The molecule has 4 nitrogen and oxygen atoms in total. The monoisotopic (exact) mass is 366 g/mol. The standard InChI is InChI=1S/C22H23FN2O2/c23-21-6-2-4-19(14-21)16-27-12-9-17-7-10-25(11-8-17)22(26)20-5-1-3-18(13-20)15-24/h1-6,13-14,17H,7-12,16H2. The normalized spacial score (nSPS) is 14.7. The summed E-state index contributed by atoms with van der Waals surface area (Å²) in [5.41, 5.74) is 1.92. The SMILES string of the molecule is N#Cc1cccc(C(=O)N2CCC(CCOCc3cccc(F)c3)CC2)c1.